The Morgan fingerprint density at radius 3 is 2.36 bits per heavy atom. The van der Waals surface area contributed by atoms with Crippen molar-refractivity contribution in [3.8, 4) is 0 Å². The average Bonchev–Trinajstić information content (AvgIpc) is 2.54. The minimum absolute atomic E-state index is 0.0201. The Labute approximate surface area is 128 Å². The molecule has 0 fully saturated rings. The first-order valence-electron chi connectivity index (χ1n) is 6.89. The first kappa shape index (κ1) is 15.5. The zero-order valence-electron chi connectivity index (χ0n) is 12.2. The number of carbonyl (C=O) groups is 1. The maximum atomic E-state index is 12.0. The molecule has 0 spiro atoms. The summed E-state index contributed by atoms with van der Waals surface area (Å²) in [4.78, 5) is 22.1. The van der Waals surface area contributed by atoms with Crippen LogP contribution >= 0.6 is 0 Å². The molecule has 114 valence electrons. The summed E-state index contributed by atoms with van der Waals surface area (Å²) in [6.45, 7) is 2.20. The molecule has 0 heterocycles. The van der Waals surface area contributed by atoms with Crippen LogP contribution in [0.3, 0.4) is 0 Å². The summed E-state index contributed by atoms with van der Waals surface area (Å²) in [6.07, 6.45) is 0. The molecule has 1 amide bonds. The summed E-state index contributed by atoms with van der Waals surface area (Å²) >= 11 is 0. The van der Waals surface area contributed by atoms with E-state index in [2.05, 4.69) is 10.6 Å². The van der Waals surface area contributed by atoms with E-state index in [1.807, 2.05) is 30.3 Å². The van der Waals surface area contributed by atoms with E-state index in [0.29, 0.717) is 12.2 Å². The maximum absolute atomic E-state index is 12.0. The molecule has 0 saturated heterocycles. The number of anilines is 1. The molecular formula is C16H17N3O3. The molecule has 2 N–H and O–H groups in total. The molecule has 2 aromatic rings. The van der Waals surface area contributed by atoms with Crippen LogP contribution in [-0.2, 0) is 11.3 Å². The van der Waals surface area contributed by atoms with Crippen molar-refractivity contribution in [1.82, 2.24) is 5.32 Å². The topological polar surface area (TPSA) is 84.3 Å². The van der Waals surface area contributed by atoms with E-state index in [-0.39, 0.29) is 11.6 Å². The molecule has 1 unspecified atom stereocenters. The van der Waals surface area contributed by atoms with Crippen LogP contribution in [0.1, 0.15) is 12.5 Å². The van der Waals surface area contributed by atoms with Crippen LogP contribution in [-0.4, -0.2) is 16.9 Å². The number of benzene rings is 2. The van der Waals surface area contributed by atoms with Crippen LogP contribution in [0.4, 0.5) is 11.4 Å². The van der Waals surface area contributed by atoms with E-state index in [4.69, 9.17) is 0 Å². The predicted octanol–water partition coefficient (Wildman–Crippen LogP) is 2.71. The number of rotatable bonds is 6. The highest BCUT2D eigenvalue weighted by Crippen LogP contribution is 2.16. The molecule has 2 aromatic carbocycles. The lowest BCUT2D eigenvalue weighted by molar-refractivity contribution is -0.384. The first-order valence-corrected chi connectivity index (χ1v) is 6.89. The fourth-order valence-electron chi connectivity index (χ4n) is 1.93. The number of hydrogen-bond donors (Lipinski definition) is 2. The number of amides is 1. The lowest BCUT2D eigenvalue weighted by atomic mass is 10.2. The fourth-order valence-corrected chi connectivity index (χ4v) is 1.93. The van der Waals surface area contributed by atoms with Crippen molar-refractivity contribution in [3.05, 3.63) is 70.3 Å². The second kappa shape index (κ2) is 7.21. The minimum atomic E-state index is -0.459. The lowest BCUT2D eigenvalue weighted by Gasteiger charge is -2.15. The molecular weight excluding hydrogens is 282 g/mol. The van der Waals surface area contributed by atoms with Crippen molar-refractivity contribution in [1.29, 1.82) is 0 Å². The molecule has 0 radical (unpaired) electrons. The number of nitrogens with one attached hydrogen (secondary N) is 2. The third-order valence-corrected chi connectivity index (χ3v) is 3.16. The van der Waals surface area contributed by atoms with E-state index >= 15 is 0 Å². The van der Waals surface area contributed by atoms with Crippen LogP contribution in [0.25, 0.3) is 0 Å². The van der Waals surface area contributed by atoms with Crippen molar-refractivity contribution in [2.24, 2.45) is 0 Å². The van der Waals surface area contributed by atoms with Gasteiger partial charge in [0.1, 0.15) is 6.04 Å². The number of nitro groups is 1. The molecule has 1 atom stereocenters. The largest absolute Gasteiger partial charge is 0.374 e. The van der Waals surface area contributed by atoms with Gasteiger partial charge < -0.3 is 10.6 Å². The Kier molecular flexibility index (Phi) is 5.08. The van der Waals surface area contributed by atoms with Crippen molar-refractivity contribution in [2.75, 3.05) is 5.32 Å². The fraction of sp³-hybridized carbons (Fsp3) is 0.188. The molecule has 0 aromatic heterocycles. The standard InChI is InChI=1S/C16H17N3O3/c1-12(16(20)17-11-13-5-3-2-4-6-13)18-14-7-9-15(10-8-14)19(21)22/h2-10,12,18H,11H2,1H3,(H,17,20). The van der Waals surface area contributed by atoms with Crippen LogP contribution < -0.4 is 10.6 Å². The number of nitro benzene ring substituents is 1. The van der Waals surface area contributed by atoms with Crippen LogP contribution in [0.5, 0.6) is 0 Å². The summed E-state index contributed by atoms with van der Waals surface area (Å²) in [5, 5.41) is 16.4. The quantitative estimate of drug-likeness (QED) is 0.634. The molecule has 0 saturated carbocycles. The number of hydrogen-bond acceptors (Lipinski definition) is 4. The van der Waals surface area contributed by atoms with Gasteiger partial charge >= 0.3 is 0 Å². The molecule has 0 aliphatic carbocycles. The summed E-state index contributed by atoms with van der Waals surface area (Å²) in [7, 11) is 0. The lowest BCUT2D eigenvalue weighted by Crippen LogP contribution is -2.37. The zero-order chi connectivity index (χ0) is 15.9. The average molecular weight is 299 g/mol. The Balaban J connectivity index is 1.86. The van der Waals surface area contributed by atoms with E-state index in [1.165, 1.54) is 12.1 Å². The zero-order valence-corrected chi connectivity index (χ0v) is 12.2. The van der Waals surface area contributed by atoms with Gasteiger partial charge in [0.05, 0.1) is 4.92 Å². The number of non-ortho nitro benzene ring substituents is 1. The van der Waals surface area contributed by atoms with Crippen LogP contribution in [0, 0.1) is 10.1 Å². The maximum Gasteiger partial charge on any atom is 0.269 e. The Morgan fingerprint density at radius 1 is 1.14 bits per heavy atom. The van der Waals surface area contributed by atoms with Gasteiger partial charge in [0.25, 0.3) is 5.69 Å². The smallest absolute Gasteiger partial charge is 0.269 e. The monoisotopic (exact) mass is 299 g/mol. The van der Waals surface area contributed by atoms with Gasteiger partial charge in [0, 0.05) is 24.4 Å². The van der Waals surface area contributed by atoms with E-state index < -0.39 is 11.0 Å². The van der Waals surface area contributed by atoms with Gasteiger partial charge in [-0.25, -0.2) is 0 Å². The van der Waals surface area contributed by atoms with Crippen molar-refractivity contribution >= 4 is 17.3 Å². The normalized spacial score (nSPS) is 11.5. The van der Waals surface area contributed by atoms with Gasteiger partial charge in [-0.3, -0.25) is 14.9 Å². The third-order valence-electron chi connectivity index (χ3n) is 3.16. The number of carbonyl (C=O) groups excluding carboxylic acids is 1. The van der Waals surface area contributed by atoms with Gasteiger partial charge in [0.2, 0.25) is 5.91 Å². The van der Waals surface area contributed by atoms with Crippen LogP contribution in [0.15, 0.2) is 54.6 Å². The second-order valence-corrected chi connectivity index (χ2v) is 4.87. The third kappa shape index (κ3) is 4.31. The van der Waals surface area contributed by atoms with Gasteiger partial charge in [-0.05, 0) is 24.6 Å². The Morgan fingerprint density at radius 2 is 1.77 bits per heavy atom. The Bertz CT molecular complexity index is 641. The molecule has 6 heteroatoms. The summed E-state index contributed by atoms with van der Waals surface area (Å²) < 4.78 is 0. The Hall–Kier alpha value is -2.89. The molecule has 0 aliphatic heterocycles. The van der Waals surface area contributed by atoms with Crippen molar-refractivity contribution in [2.45, 2.75) is 19.5 Å². The molecule has 6 nitrogen and oxygen atoms in total. The first-order chi connectivity index (χ1) is 10.6. The molecule has 2 rings (SSSR count). The summed E-state index contributed by atoms with van der Waals surface area (Å²) in [5.74, 6) is -0.137. The van der Waals surface area contributed by atoms with Gasteiger partial charge in [-0.2, -0.15) is 0 Å². The number of nitrogens with zero attached hydrogens (tertiary/aromatic N) is 1. The van der Waals surface area contributed by atoms with E-state index in [1.54, 1.807) is 19.1 Å². The SMILES string of the molecule is CC(Nc1ccc([N+](=O)[O-])cc1)C(=O)NCc1ccccc1. The molecule has 22 heavy (non-hydrogen) atoms. The predicted molar refractivity (Wildman–Crippen MR) is 84.5 cm³/mol. The highest BCUT2D eigenvalue weighted by atomic mass is 16.6. The van der Waals surface area contributed by atoms with E-state index in [0.717, 1.165) is 5.56 Å². The summed E-state index contributed by atoms with van der Waals surface area (Å²) in [5.41, 5.74) is 1.71. The molecule has 0 bridgehead atoms. The van der Waals surface area contributed by atoms with E-state index in [9.17, 15) is 14.9 Å². The minimum Gasteiger partial charge on any atom is -0.374 e. The van der Waals surface area contributed by atoms with Gasteiger partial charge in [-0.15, -0.1) is 0 Å². The highest BCUT2D eigenvalue weighted by Gasteiger charge is 2.12. The highest BCUT2D eigenvalue weighted by molar-refractivity contribution is 5.84. The second-order valence-electron chi connectivity index (χ2n) is 4.87. The molecule has 0 aliphatic rings. The summed E-state index contributed by atoms with van der Waals surface area (Å²) in [6, 6.07) is 15.2. The van der Waals surface area contributed by atoms with Crippen LogP contribution in [0.2, 0.25) is 0 Å². The van der Waals surface area contributed by atoms with Crippen molar-refractivity contribution < 1.29 is 9.72 Å². The van der Waals surface area contributed by atoms with Gasteiger partial charge in [0.15, 0.2) is 0 Å². The van der Waals surface area contributed by atoms with Gasteiger partial charge in [-0.1, -0.05) is 30.3 Å². The van der Waals surface area contributed by atoms with Crippen molar-refractivity contribution in [3.63, 3.8) is 0 Å².